The van der Waals surface area contributed by atoms with Gasteiger partial charge in [0.05, 0.1) is 16.8 Å². The molecular formula is C17H18Cl2N4O2. The van der Waals surface area contributed by atoms with Crippen LogP contribution >= 0.6 is 23.2 Å². The van der Waals surface area contributed by atoms with Gasteiger partial charge in [0, 0.05) is 24.2 Å². The van der Waals surface area contributed by atoms with Crippen LogP contribution in [0.15, 0.2) is 24.3 Å². The Kier molecular flexibility index (Phi) is 5.73. The molecule has 1 aromatic heterocycles. The zero-order valence-electron chi connectivity index (χ0n) is 13.7. The molecule has 0 radical (unpaired) electrons. The van der Waals surface area contributed by atoms with E-state index in [1.54, 1.807) is 31.2 Å². The van der Waals surface area contributed by atoms with E-state index in [0.717, 1.165) is 19.4 Å². The minimum absolute atomic E-state index is 0.179. The molecule has 1 fully saturated rings. The molecule has 6 nitrogen and oxygen atoms in total. The number of anilines is 2. The summed E-state index contributed by atoms with van der Waals surface area (Å²) in [5.41, 5.74) is 0.683. The summed E-state index contributed by atoms with van der Waals surface area (Å²) in [5, 5.41) is 6.81. The average Bonchev–Trinajstić information content (AvgIpc) is 3.09. The summed E-state index contributed by atoms with van der Waals surface area (Å²) in [6, 6.07) is 6.48. The highest BCUT2D eigenvalue weighted by molar-refractivity contribution is 6.35. The molecule has 0 aliphatic carbocycles. The maximum atomic E-state index is 12.5. The number of amides is 1. The van der Waals surface area contributed by atoms with Crippen LogP contribution in [0.3, 0.4) is 0 Å². The van der Waals surface area contributed by atoms with E-state index >= 15 is 0 Å². The maximum absolute atomic E-state index is 12.5. The summed E-state index contributed by atoms with van der Waals surface area (Å²) in [4.78, 5) is 21.0. The Morgan fingerprint density at radius 3 is 2.92 bits per heavy atom. The van der Waals surface area contributed by atoms with Crippen molar-refractivity contribution in [3.63, 3.8) is 0 Å². The number of hydrogen-bond donors (Lipinski definition) is 2. The number of aryl methyl sites for hydroxylation is 1. The predicted molar refractivity (Wildman–Crippen MR) is 98.6 cm³/mol. The molecule has 3 rings (SSSR count). The van der Waals surface area contributed by atoms with Gasteiger partial charge in [0.25, 0.3) is 5.91 Å². The van der Waals surface area contributed by atoms with Crippen LogP contribution in [0.2, 0.25) is 10.0 Å². The number of nitrogens with zero attached hydrogens (tertiary/aromatic N) is 2. The van der Waals surface area contributed by atoms with Crippen molar-refractivity contribution in [2.75, 3.05) is 23.8 Å². The second-order valence-corrected chi connectivity index (χ2v) is 6.62. The van der Waals surface area contributed by atoms with Crippen LogP contribution in [0, 0.1) is 6.92 Å². The molecule has 0 bridgehead atoms. The highest BCUT2D eigenvalue weighted by Gasteiger charge is 2.17. The molecule has 2 N–H and O–H groups in total. The number of hydrogen-bond acceptors (Lipinski definition) is 5. The highest BCUT2D eigenvalue weighted by atomic mass is 35.5. The van der Waals surface area contributed by atoms with E-state index in [1.165, 1.54) is 0 Å². The second kappa shape index (κ2) is 7.99. The van der Waals surface area contributed by atoms with Crippen LogP contribution in [0.5, 0.6) is 0 Å². The Hall–Kier alpha value is -1.89. The Morgan fingerprint density at radius 1 is 1.32 bits per heavy atom. The fraction of sp³-hybridized carbons (Fsp3) is 0.353. The summed E-state index contributed by atoms with van der Waals surface area (Å²) >= 11 is 12.0. The molecule has 0 saturated carbocycles. The zero-order chi connectivity index (χ0) is 17.8. The first-order valence-corrected chi connectivity index (χ1v) is 8.74. The third-order valence-electron chi connectivity index (χ3n) is 3.78. The van der Waals surface area contributed by atoms with E-state index < -0.39 is 0 Å². The fourth-order valence-corrected chi connectivity index (χ4v) is 2.91. The van der Waals surface area contributed by atoms with Crippen molar-refractivity contribution < 1.29 is 9.53 Å². The number of halogens is 2. The number of nitrogens with one attached hydrogen (secondary N) is 2. The van der Waals surface area contributed by atoms with Gasteiger partial charge < -0.3 is 15.4 Å². The summed E-state index contributed by atoms with van der Waals surface area (Å²) in [7, 11) is 0. The average molecular weight is 381 g/mol. The number of carbonyl (C=O) groups excluding carboxylic acids is 1. The molecule has 1 amide bonds. The van der Waals surface area contributed by atoms with Crippen LogP contribution in [0.4, 0.5) is 11.5 Å². The SMILES string of the molecule is Cc1nc(NCC2CCCO2)cc(C(=O)Nc2cc(Cl)ccc2Cl)n1. The van der Waals surface area contributed by atoms with Crippen molar-refractivity contribution in [2.45, 2.75) is 25.9 Å². The Labute approximate surface area is 155 Å². The summed E-state index contributed by atoms with van der Waals surface area (Å²) in [5.74, 6) is 0.708. The van der Waals surface area contributed by atoms with Gasteiger partial charge in [-0.3, -0.25) is 4.79 Å². The Bertz CT molecular complexity index is 779. The number of ether oxygens (including phenoxy) is 1. The van der Waals surface area contributed by atoms with Gasteiger partial charge in [-0.1, -0.05) is 23.2 Å². The van der Waals surface area contributed by atoms with E-state index in [-0.39, 0.29) is 17.7 Å². The molecule has 1 aromatic carbocycles. The molecule has 1 unspecified atom stereocenters. The minimum Gasteiger partial charge on any atom is -0.376 e. The molecule has 1 saturated heterocycles. The third-order valence-corrected chi connectivity index (χ3v) is 4.35. The van der Waals surface area contributed by atoms with Gasteiger partial charge in [-0.15, -0.1) is 0 Å². The van der Waals surface area contributed by atoms with Gasteiger partial charge in [-0.05, 0) is 38.0 Å². The van der Waals surface area contributed by atoms with Gasteiger partial charge >= 0.3 is 0 Å². The molecule has 25 heavy (non-hydrogen) atoms. The van der Waals surface area contributed by atoms with E-state index in [1.807, 2.05) is 0 Å². The molecule has 8 heteroatoms. The van der Waals surface area contributed by atoms with Crippen molar-refractivity contribution in [3.05, 3.63) is 45.8 Å². The predicted octanol–water partition coefficient (Wildman–Crippen LogP) is 3.94. The lowest BCUT2D eigenvalue weighted by molar-refractivity contribution is 0.102. The Balaban J connectivity index is 1.72. The molecule has 1 aliphatic rings. The minimum atomic E-state index is -0.380. The number of aromatic nitrogens is 2. The van der Waals surface area contributed by atoms with Gasteiger partial charge in [0.15, 0.2) is 0 Å². The number of rotatable bonds is 5. The topological polar surface area (TPSA) is 76.1 Å². The first-order chi connectivity index (χ1) is 12.0. The zero-order valence-corrected chi connectivity index (χ0v) is 15.2. The summed E-state index contributed by atoms with van der Waals surface area (Å²) in [6.07, 6.45) is 2.28. The molecule has 2 aromatic rings. The van der Waals surface area contributed by atoms with Crippen molar-refractivity contribution in [1.29, 1.82) is 0 Å². The fourth-order valence-electron chi connectivity index (χ4n) is 2.58. The molecule has 1 aliphatic heterocycles. The molecule has 1 atom stereocenters. The van der Waals surface area contributed by atoms with Gasteiger partial charge in [-0.25, -0.2) is 9.97 Å². The van der Waals surface area contributed by atoms with Crippen molar-refractivity contribution in [1.82, 2.24) is 9.97 Å². The van der Waals surface area contributed by atoms with Gasteiger partial charge in [-0.2, -0.15) is 0 Å². The summed E-state index contributed by atoms with van der Waals surface area (Å²) in [6.45, 7) is 3.18. The van der Waals surface area contributed by atoms with Crippen LogP contribution in [0.25, 0.3) is 0 Å². The van der Waals surface area contributed by atoms with Crippen molar-refractivity contribution >= 4 is 40.6 Å². The first kappa shape index (κ1) is 17.9. The van der Waals surface area contributed by atoms with E-state index in [4.69, 9.17) is 27.9 Å². The van der Waals surface area contributed by atoms with Crippen molar-refractivity contribution in [2.24, 2.45) is 0 Å². The van der Waals surface area contributed by atoms with Gasteiger partial charge in [0.2, 0.25) is 0 Å². The number of carbonyl (C=O) groups is 1. The third kappa shape index (κ3) is 4.81. The van der Waals surface area contributed by atoms with E-state index in [2.05, 4.69) is 20.6 Å². The lowest BCUT2D eigenvalue weighted by Gasteiger charge is -2.13. The van der Waals surface area contributed by atoms with Crippen LogP contribution in [-0.4, -0.2) is 35.1 Å². The lowest BCUT2D eigenvalue weighted by atomic mass is 10.2. The summed E-state index contributed by atoms with van der Waals surface area (Å²) < 4.78 is 5.57. The highest BCUT2D eigenvalue weighted by Crippen LogP contribution is 2.26. The molecular weight excluding hydrogens is 363 g/mol. The lowest BCUT2D eigenvalue weighted by Crippen LogP contribution is -2.20. The monoisotopic (exact) mass is 380 g/mol. The maximum Gasteiger partial charge on any atom is 0.274 e. The largest absolute Gasteiger partial charge is 0.376 e. The quantitative estimate of drug-likeness (QED) is 0.821. The van der Waals surface area contributed by atoms with Crippen LogP contribution in [-0.2, 0) is 4.74 Å². The van der Waals surface area contributed by atoms with Crippen LogP contribution < -0.4 is 10.6 Å². The standard InChI is InChI=1S/C17H18Cl2N4O2/c1-10-21-15(8-16(22-10)20-9-12-3-2-6-25-12)17(24)23-14-7-11(18)4-5-13(14)19/h4-5,7-8,12H,2-3,6,9H2,1H3,(H,23,24)(H,20,21,22). The van der Waals surface area contributed by atoms with Crippen LogP contribution in [0.1, 0.15) is 29.2 Å². The number of benzene rings is 1. The smallest absolute Gasteiger partial charge is 0.274 e. The molecule has 2 heterocycles. The molecule has 132 valence electrons. The first-order valence-electron chi connectivity index (χ1n) is 7.99. The second-order valence-electron chi connectivity index (χ2n) is 5.78. The van der Waals surface area contributed by atoms with E-state index in [0.29, 0.717) is 33.9 Å². The molecule has 0 spiro atoms. The Morgan fingerprint density at radius 2 is 2.16 bits per heavy atom. The van der Waals surface area contributed by atoms with Gasteiger partial charge in [0.1, 0.15) is 17.3 Å². The van der Waals surface area contributed by atoms with E-state index in [9.17, 15) is 4.79 Å². The normalized spacial score (nSPS) is 16.7. The van der Waals surface area contributed by atoms with Crippen molar-refractivity contribution in [3.8, 4) is 0 Å².